The van der Waals surface area contributed by atoms with Crippen molar-refractivity contribution in [1.29, 1.82) is 0 Å². The van der Waals surface area contributed by atoms with E-state index in [4.69, 9.17) is 0 Å². The van der Waals surface area contributed by atoms with E-state index in [0.717, 1.165) is 41.3 Å². The zero-order valence-corrected chi connectivity index (χ0v) is 12.5. The van der Waals surface area contributed by atoms with E-state index in [9.17, 15) is 9.18 Å². The fourth-order valence-corrected chi connectivity index (χ4v) is 3.22. The van der Waals surface area contributed by atoms with Crippen LogP contribution in [0.2, 0.25) is 0 Å². The molecule has 2 unspecified atom stereocenters. The van der Waals surface area contributed by atoms with Crippen LogP contribution in [0.25, 0.3) is 10.9 Å². The van der Waals surface area contributed by atoms with E-state index in [0.29, 0.717) is 12.1 Å². The monoisotopic (exact) mass is 288 g/mol. The van der Waals surface area contributed by atoms with Crippen molar-refractivity contribution in [2.24, 2.45) is 0 Å². The first kappa shape index (κ1) is 14.1. The molecule has 2 aromatic rings. The van der Waals surface area contributed by atoms with Crippen LogP contribution in [0.15, 0.2) is 18.2 Å². The van der Waals surface area contributed by atoms with Gasteiger partial charge in [0.05, 0.1) is 6.04 Å². The molecule has 1 aromatic carbocycles. The lowest BCUT2D eigenvalue weighted by Crippen LogP contribution is -2.43. The second kappa shape index (κ2) is 5.51. The number of alkyl halides is 1. The minimum atomic E-state index is -0.920. The Morgan fingerprint density at radius 2 is 2.00 bits per heavy atom. The van der Waals surface area contributed by atoms with Crippen molar-refractivity contribution in [3.63, 3.8) is 0 Å². The smallest absolute Gasteiger partial charge is 0.268 e. The standard InChI is InChI=1S/C17H21FN2O/c1-10-7-11(2)12-9-16(19-15(12)8-10)17(21)20-14-6-4-3-5-13(14)18/h7-9,13-14,19H,3-6H2,1-2H3,(H,20,21). The van der Waals surface area contributed by atoms with E-state index in [1.54, 1.807) is 0 Å². The van der Waals surface area contributed by atoms with Crippen molar-refractivity contribution < 1.29 is 9.18 Å². The van der Waals surface area contributed by atoms with Crippen LogP contribution < -0.4 is 5.32 Å². The van der Waals surface area contributed by atoms with Gasteiger partial charge < -0.3 is 10.3 Å². The van der Waals surface area contributed by atoms with Gasteiger partial charge in [-0.05, 0) is 49.9 Å². The molecule has 0 radical (unpaired) electrons. The van der Waals surface area contributed by atoms with Crippen LogP contribution >= 0.6 is 0 Å². The third kappa shape index (κ3) is 2.80. The summed E-state index contributed by atoms with van der Waals surface area (Å²) in [6.07, 6.45) is 2.26. The highest BCUT2D eigenvalue weighted by atomic mass is 19.1. The van der Waals surface area contributed by atoms with Crippen LogP contribution in [0.3, 0.4) is 0 Å². The quantitative estimate of drug-likeness (QED) is 0.867. The SMILES string of the molecule is Cc1cc(C)c2cc(C(=O)NC3CCCCC3F)[nH]c2c1. The molecule has 0 bridgehead atoms. The number of hydrogen-bond acceptors (Lipinski definition) is 1. The van der Waals surface area contributed by atoms with Crippen LogP contribution in [0.5, 0.6) is 0 Å². The Labute approximate surface area is 123 Å². The van der Waals surface area contributed by atoms with Gasteiger partial charge in [-0.15, -0.1) is 0 Å². The number of nitrogens with one attached hydrogen (secondary N) is 2. The summed E-state index contributed by atoms with van der Waals surface area (Å²) < 4.78 is 13.8. The zero-order valence-electron chi connectivity index (χ0n) is 12.5. The number of hydrogen-bond donors (Lipinski definition) is 2. The van der Waals surface area contributed by atoms with E-state index in [1.165, 1.54) is 0 Å². The highest BCUT2D eigenvalue weighted by molar-refractivity contribution is 5.99. The van der Waals surface area contributed by atoms with Crippen LogP contribution in [0.4, 0.5) is 4.39 Å². The largest absolute Gasteiger partial charge is 0.351 e. The van der Waals surface area contributed by atoms with E-state index in [1.807, 2.05) is 26.0 Å². The average Bonchev–Trinajstić information content (AvgIpc) is 2.85. The molecule has 1 saturated carbocycles. The average molecular weight is 288 g/mol. The summed E-state index contributed by atoms with van der Waals surface area (Å²) in [4.78, 5) is 15.5. The Morgan fingerprint density at radius 3 is 2.76 bits per heavy atom. The first-order valence-corrected chi connectivity index (χ1v) is 7.59. The molecule has 1 fully saturated rings. The highest BCUT2D eigenvalue weighted by Gasteiger charge is 2.26. The summed E-state index contributed by atoms with van der Waals surface area (Å²) in [6.45, 7) is 4.06. The lowest BCUT2D eigenvalue weighted by Gasteiger charge is -2.26. The first-order valence-electron chi connectivity index (χ1n) is 7.59. The number of amides is 1. The molecule has 0 aliphatic heterocycles. The van der Waals surface area contributed by atoms with Gasteiger partial charge in [0.15, 0.2) is 0 Å². The number of aromatic nitrogens is 1. The molecular formula is C17H21FN2O. The second-order valence-electron chi connectivity index (χ2n) is 6.11. The lowest BCUT2D eigenvalue weighted by atomic mass is 9.93. The Kier molecular flexibility index (Phi) is 3.70. The summed E-state index contributed by atoms with van der Waals surface area (Å²) in [7, 11) is 0. The minimum absolute atomic E-state index is 0.210. The van der Waals surface area contributed by atoms with Crippen molar-refractivity contribution in [2.75, 3.05) is 0 Å². The maximum atomic E-state index is 13.8. The molecule has 1 aliphatic carbocycles. The summed E-state index contributed by atoms with van der Waals surface area (Å²) in [5, 5.41) is 3.88. The summed E-state index contributed by atoms with van der Waals surface area (Å²) in [5.41, 5.74) is 3.76. The molecule has 3 nitrogen and oxygen atoms in total. The van der Waals surface area contributed by atoms with Gasteiger partial charge in [0.25, 0.3) is 5.91 Å². The molecule has 4 heteroatoms. The third-order valence-corrected chi connectivity index (χ3v) is 4.33. The molecule has 1 heterocycles. The van der Waals surface area contributed by atoms with Gasteiger partial charge in [-0.1, -0.05) is 18.9 Å². The van der Waals surface area contributed by atoms with E-state index >= 15 is 0 Å². The van der Waals surface area contributed by atoms with Gasteiger partial charge in [0, 0.05) is 10.9 Å². The Balaban J connectivity index is 1.83. The van der Waals surface area contributed by atoms with E-state index < -0.39 is 6.17 Å². The maximum absolute atomic E-state index is 13.8. The molecule has 1 aromatic heterocycles. The van der Waals surface area contributed by atoms with Gasteiger partial charge in [-0.25, -0.2) is 4.39 Å². The zero-order chi connectivity index (χ0) is 15.0. The highest BCUT2D eigenvalue weighted by Crippen LogP contribution is 2.23. The number of H-pyrrole nitrogens is 1. The van der Waals surface area contributed by atoms with Crippen LogP contribution in [-0.2, 0) is 0 Å². The number of aryl methyl sites for hydroxylation is 2. The summed E-state index contributed by atoms with van der Waals surface area (Å²) in [5.74, 6) is -0.210. The Bertz CT molecular complexity index is 677. The number of aromatic amines is 1. The van der Waals surface area contributed by atoms with Gasteiger partial charge in [-0.3, -0.25) is 4.79 Å². The molecule has 3 rings (SSSR count). The molecular weight excluding hydrogens is 267 g/mol. The Hall–Kier alpha value is -1.84. The van der Waals surface area contributed by atoms with Gasteiger partial charge >= 0.3 is 0 Å². The van der Waals surface area contributed by atoms with Crippen molar-refractivity contribution in [1.82, 2.24) is 10.3 Å². The van der Waals surface area contributed by atoms with E-state index in [2.05, 4.69) is 16.4 Å². The van der Waals surface area contributed by atoms with Crippen molar-refractivity contribution in [3.8, 4) is 0 Å². The Morgan fingerprint density at radius 1 is 1.24 bits per heavy atom. The minimum Gasteiger partial charge on any atom is -0.351 e. The second-order valence-corrected chi connectivity index (χ2v) is 6.11. The molecule has 112 valence electrons. The molecule has 21 heavy (non-hydrogen) atoms. The molecule has 2 N–H and O–H groups in total. The fraction of sp³-hybridized carbons (Fsp3) is 0.471. The molecule has 0 saturated heterocycles. The van der Waals surface area contributed by atoms with Gasteiger partial charge in [0.1, 0.15) is 11.9 Å². The number of benzene rings is 1. The summed E-state index contributed by atoms with van der Waals surface area (Å²) in [6, 6.07) is 5.63. The van der Waals surface area contributed by atoms with Crippen molar-refractivity contribution in [2.45, 2.75) is 51.7 Å². The predicted molar refractivity (Wildman–Crippen MR) is 82.4 cm³/mol. The van der Waals surface area contributed by atoms with Crippen molar-refractivity contribution >= 4 is 16.8 Å². The summed E-state index contributed by atoms with van der Waals surface area (Å²) >= 11 is 0. The number of fused-ring (bicyclic) bond motifs is 1. The van der Waals surface area contributed by atoms with Crippen LogP contribution in [0, 0.1) is 13.8 Å². The number of carbonyl (C=O) groups is 1. The number of carbonyl (C=O) groups excluding carboxylic acids is 1. The van der Waals surface area contributed by atoms with Gasteiger partial charge in [-0.2, -0.15) is 0 Å². The third-order valence-electron chi connectivity index (χ3n) is 4.33. The van der Waals surface area contributed by atoms with Crippen LogP contribution in [-0.4, -0.2) is 23.1 Å². The topological polar surface area (TPSA) is 44.9 Å². The molecule has 1 aliphatic rings. The van der Waals surface area contributed by atoms with Crippen LogP contribution in [0.1, 0.15) is 47.3 Å². The molecule has 2 atom stereocenters. The first-order chi connectivity index (χ1) is 10.0. The normalized spacial score (nSPS) is 22.4. The predicted octanol–water partition coefficient (Wildman–Crippen LogP) is 3.80. The maximum Gasteiger partial charge on any atom is 0.268 e. The lowest BCUT2D eigenvalue weighted by molar-refractivity contribution is 0.0880. The number of rotatable bonds is 2. The molecule has 1 amide bonds. The van der Waals surface area contributed by atoms with Gasteiger partial charge in [0.2, 0.25) is 0 Å². The molecule has 0 spiro atoms. The van der Waals surface area contributed by atoms with E-state index in [-0.39, 0.29) is 11.9 Å². The fourth-order valence-electron chi connectivity index (χ4n) is 3.22. The van der Waals surface area contributed by atoms with Crippen molar-refractivity contribution in [3.05, 3.63) is 35.0 Å². The number of halogens is 1.